The molecule has 0 saturated heterocycles. The van der Waals surface area contributed by atoms with Crippen LogP contribution in [-0.4, -0.2) is 46.9 Å². The number of allylic oxidation sites excluding steroid dienone is 2. The topological polar surface area (TPSA) is 80.9 Å². The van der Waals surface area contributed by atoms with Crippen LogP contribution in [0.1, 0.15) is 0 Å². The molecule has 4 nitrogen and oxygen atoms in total. The first-order valence-electron chi connectivity index (χ1n) is 5.01. The molecule has 0 aromatic carbocycles. The minimum atomic E-state index is -0.284. The van der Waals surface area contributed by atoms with Crippen LogP contribution >= 0.6 is 0 Å². The fourth-order valence-electron chi connectivity index (χ4n) is 1.62. The second-order valence-corrected chi connectivity index (χ2v) is 3.36. The van der Waals surface area contributed by atoms with Gasteiger partial charge < -0.3 is 20.4 Å². The summed E-state index contributed by atoms with van der Waals surface area (Å²) in [4.78, 5) is 0. The average Bonchev–Trinajstić information content (AvgIpc) is 2.30. The standard InChI is InChI=1S/C12H16O4/c13-5-9-3-1-2-4-10(6-14)12(8-16)11(9)7-15/h1-4,13-16H,5-8H2. The van der Waals surface area contributed by atoms with E-state index in [4.69, 9.17) is 0 Å². The summed E-state index contributed by atoms with van der Waals surface area (Å²) in [5.74, 6) is 0. The molecule has 0 fully saturated rings. The van der Waals surface area contributed by atoms with Gasteiger partial charge in [0, 0.05) is 0 Å². The van der Waals surface area contributed by atoms with Crippen molar-refractivity contribution in [2.45, 2.75) is 0 Å². The molecular formula is C12H16O4. The van der Waals surface area contributed by atoms with Crippen LogP contribution in [0.15, 0.2) is 46.6 Å². The minimum Gasteiger partial charge on any atom is -0.392 e. The summed E-state index contributed by atoms with van der Waals surface area (Å²) in [5, 5.41) is 36.9. The second-order valence-electron chi connectivity index (χ2n) is 3.36. The highest BCUT2D eigenvalue weighted by Crippen LogP contribution is 2.21. The van der Waals surface area contributed by atoms with Crippen molar-refractivity contribution in [2.75, 3.05) is 26.4 Å². The van der Waals surface area contributed by atoms with E-state index in [0.29, 0.717) is 22.3 Å². The molecule has 16 heavy (non-hydrogen) atoms. The first kappa shape index (κ1) is 12.9. The van der Waals surface area contributed by atoms with Crippen molar-refractivity contribution in [1.29, 1.82) is 0 Å². The Bertz CT molecular complexity index is 325. The largest absolute Gasteiger partial charge is 0.392 e. The van der Waals surface area contributed by atoms with E-state index in [-0.39, 0.29) is 26.4 Å². The molecule has 0 atom stereocenters. The smallest absolute Gasteiger partial charge is 0.0689 e. The van der Waals surface area contributed by atoms with E-state index in [0.717, 1.165) is 0 Å². The predicted octanol–water partition coefficient (Wildman–Crippen LogP) is -0.325. The van der Waals surface area contributed by atoms with E-state index in [1.165, 1.54) is 0 Å². The van der Waals surface area contributed by atoms with Crippen molar-refractivity contribution in [3.63, 3.8) is 0 Å². The van der Waals surface area contributed by atoms with Crippen LogP contribution in [0.3, 0.4) is 0 Å². The highest BCUT2D eigenvalue weighted by molar-refractivity contribution is 5.49. The van der Waals surface area contributed by atoms with Crippen molar-refractivity contribution in [3.05, 3.63) is 46.6 Å². The number of hydrogen-bond acceptors (Lipinski definition) is 4. The van der Waals surface area contributed by atoms with E-state index in [1.807, 2.05) is 0 Å². The quantitative estimate of drug-likeness (QED) is 0.527. The highest BCUT2D eigenvalue weighted by atomic mass is 16.3. The summed E-state index contributed by atoms with van der Waals surface area (Å²) in [7, 11) is 0. The van der Waals surface area contributed by atoms with Gasteiger partial charge in [0.1, 0.15) is 0 Å². The molecule has 0 bridgehead atoms. The summed E-state index contributed by atoms with van der Waals surface area (Å²) in [6, 6.07) is 0. The maximum atomic E-state index is 9.27. The Morgan fingerprint density at radius 2 is 1.00 bits per heavy atom. The van der Waals surface area contributed by atoms with Gasteiger partial charge in [-0.2, -0.15) is 0 Å². The van der Waals surface area contributed by atoms with Crippen LogP contribution in [0.2, 0.25) is 0 Å². The highest BCUT2D eigenvalue weighted by Gasteiger charge is 2.13. The zero-order chi connectivity index (χ0) is 12.0. The number of rotatable bonds is 4. The first-order valence-corrected chi connectivity index (χ1v) is 5.01. The normalized spacial score (nSPS) is 16.8. The first-order chi connectivity index (χ1) is 7.78. The Balaban J connectivity index is 3.33. The molecule has 0 aromatic heterocycles. The molecule has 0 aromatic rings. The lowest BCUT2D eigenvalue weighted by Crippen LogP contribution is -2.10. The van der Waals surface area contributed by atoms with Gasteiger partial charge in [-0.3, -0.25) is 0 Å². The molecule has 0 spiro atoms. The lowest BCUT2D eigenvalue weighted by atomic mass is 9.94. The van der Waals surface area contributed by atoms with Crippen molar-refractivity contribution in [1.82, 2.24) is 0 Å². The summed E-state index contributed by atoms with van der Waals surface area (Å²) < 4.78 is 0. The Kier molecular flexibility index (Phi) is 5.14. The minimum absolute atomic E-state index is 0.220. The van der Waals surface area contributed by atoms with Gasteiger partial charge in [0.15, 0.2) is 0 Å². The molecule has 0 aliphatic heterocycles. The lowest BCUT2D eigenvalue weighted by Gasteiger charge is -2.15. The molecule has 1 rings (SSSR count). The van der Waals surface area contributed by atoms with Crippen LogP contribution in [0.25, 0.3) is 0 Å². The van der Waals surface area contributed by atoms with Crippen LogP contribution in [0.5, 0.6) is 0 Å². The van der Waals surface area contributed by atoms with Crippen LogP contribution in [0, 0.1) is 0 Å². The maximum absolute atomic E-state index is 9.27. The zero-order valence-corrected chi connectivity index (χ0v) is 8.93. The van der Waals surface area contributed by atoms with Crippen LogP contribution < -0.4 is 0 Å². The second kappa shape index (κ2) is 6.40. The Labute approximate surface area is 94.2 Å². The van der Waals surface area contributed by atoms with Gasteiger partial charge >= 0.3 is 0 Å². The van der Waals surface area contributed by atoms with Gasteiger partial charge in [-0.15, -0.1) is 0 Å². The third-order valence-corrected chi connectivity index (χ3v) is 2.50. The van der Waals surface area contributed by atoms with E-state index in [9.17, 15) is 20.4 Å². The van der Waals surface area contributed by atoms with E-state index in [1.54, 1.807) is 24.3 Å². The fourth-order valence-corrected chi connectivity index (χ4v) is 1.62. The zero-order valence-electron chi connectivity index (χ0n) is 8.93. The molecule has 4 N–H and O–H groups in total. The van der Waals surface area contributed by atoms with Crippen molar-refractivity contribution < 1.29 is 20.4 Å². The molecular weight excluding hydrogens is 208 g/mol. The molecule has 0 amide bonds. The average molecular weight is 224 g/mol. The number of hydrogen-bond donors (Lipinski definition) is 4. The van der Waals surface area contributed by atoms with Crippen molar-refractivity contribution in [3.8, 4) is 0 Å². The van der Waals surface area contributed by atoms with Crippen LogP contribution in [-0.2, 0) is 0 Å². The van der Waals surface area contributed by atoms with Gasteiger partial charge in [-0.05, 0) is 22.3 Å². The van der Waals surface area contributed by atoms with E-state index < -0.39 is 0 Å². The third kappa shape index (κ3) is 2.68. The van der Waals surface area contributed by atoms with Crippen molar-refractivity contribution in [2.24, 2.45) is 0 Å². The van der Waals surface area contributed by atoms with E-state index >= 15 is 0 Å². The fraction of sp³-hybridized carbons (Fsp3) is 0.333. The van der Waals surface area contributed by atoms with Gasteiger partial charge in [-0.25, -0.2) is 0 Å². The molecule has 0 radical (unpaired) electrons. The van der Waals surface area contributed by atoms with Gasteiger partial charge in [0.25, 0.3) is 0 Å². The lowest BCUT2D eigenvalue weighted by molar-refractivity contribution is 0.295. The maximum Gasteiger partial charge on any atom is 0.0689 e. The Morgan fingerprint density at radius 3 is 1.25 bits per heavy atom. The molecule has 0 heterocycles. The van der Waals surface area contributed by atoms with Gasteiger partial charge in [0.2, 0.25) is 0 Å². The summed E-state index contributed by atoms with van der Waals surface area (Å²) >= 11 is 0. The summed E-state index contributed by atoms with van der Waals surface area (Å²) in [6.45, 7) is -1.01. The molecule has 4 heteroatoms. The third-order valence-electron chi connectivity index (χ3n) is 2.50. The number of aliphatic hydroxyl groups is 4. The molecule has 1 aliphatic rings. The van der Waals surface area contributed by atoms with E-state index in [2.05, 4.69) is 0 Å². The van der Waals surface area contributed by atoms with Crippen LogP contribution in [0.4, 0.5) is 0 Å². The molecule has 0 saturated carbocycles. The summed E-state index contributed by atoms with van der Waals surface area (Å²) in [5.41, 5.74) is 2.02. The molecule has 0 unspecified atom stereocenters. The Hall–Kier alpha value is -1.20. The number of aliphatic hydroxyl groups excluding tert-OH is 4. The molecule has 88 valence electrons. The Morgan fingerprint density at radius 1 is 0.625 bits per heavy atom. The molecule has 1 aliphatic carbocycles. The van der Waals surface area contributed by atoms with Gasteiger partial charge in [0.05, 0.1) is 26.4 Å². The summed E-state index contributed by atoms with van der Waals surface area (Å²) in [6.07, 6.45) is 6.77. The monoisotopic (exact) mass is 224 g/mol. The SMILES string of the molecule is OCC1=C(CO)C(CO)=C(CO)C=CC=C1. The van der Waals surface area contributed by atoms with Gasteiger partial charge in [-0.1, -0.05) is 24.3 Å². The van der Waals surface area contributed by atoms with Crippen molar-refractivity contribution >= 4 is 0 Å². The predicted molar refractivity (Wildman–Crippen MR) is 60.7 cm³/mol.